The number of hydrogen-bond donors (Lipinski definition) is 0. The van der Waals surface area contributed by atoms with Gasteiger partial charge in [-0.25, -0.2) is 9.07 Å². The third kappa shape index (κ3) is 5.84. The summed E-state index contributed by atoms with van der Waals surface area (Å²) in [6.45, 7) is 3.36. The zero-order valence-corrected chi connectivity index (χ0v) is 19.1. The molecule has 2 aromatic carbocycles. The Morgan fingerprint density at radius 2 is 1.74 bits per heavy atom. The van der Waals surface area contributed by atoms with Crippen LogP contribution in [0, 0.1) is 11.7 Å². The molecule has 1 saturated heterocycles. The summed E-state index contributed by atoms with van der Waals surface area (Å²) in [5, 5.41) is 12.1. The monoisotopic (exact) mass is 491 g/mol. The molecule has 1 aliphatic rings. The van der Waals surface area contributed by atoms with Crippen molar-refractivity contribution >= 4 is 5.97 Å². The number of likely N-dealkylation sites (tertiary alicyclic amines) is 1. The van der Waals surface area contributed by atoms with E-state index in [-0.39, 0.29) is 24.2 Å². The molecule has 2 heterocycles. The number of esters is 1. The van der Waals surface area contributed by atoms with Gasteiger partial charge in [0, 0.05) is 0 Å². The molecule has 1 fully saturated rings. The van der Waals surface area contributed by atoms with E-state index in [0.717, 1.165) is 17.7 Å². The van der Waals surface area contributed by atoms with Crippen LogP contribution in [0.3, 0.4) is 0 Å². The van der Waals surface area contributed by atoms with Crippen molar-refractivity contribution in [2.45, 2.75) is 38.5 Å². The van der Waals surface area contributed by atoms with Crippen LogP contribution >= 0.6 is 0 Å². The Labute approximate surface area is 199 Å². The van der Waals surface area contributed by atoms with Gasteiger partial charge in [0.05, 0.1) is 30.7 Å². The fraction of sp³-hybridized carbons (Fsp3) is 0.417. The largest absolute Gasteiger partial charge is 0.466 e. The number of benzene rings is 2. The van der Waals surface area contributed by atoms with Crippen LogP contribution in [0.1, 0.15) is 48.3 Å². The summed E-state index contributed by atoms with van der Waals surface area (Å²) in [5.41, 5.74) is 0.627. The van der Waals surface area contributed by atoms with Gasteiger partial charge >= 0.3 is 12.1 Å². The number of carbonyl (C=O) groups is 1. The van der Waals surface area contributed by atoms with E-state index in [4.69, 9.17) is 4.74 Å². The summed E-state index contributed by atoms with van der Waals surface area (Å²) in [6, 6.07) is 10.3. The molecule has 0 unspecified atom stereocenters. The van der Waals surface area contributed by atoms with Gasteiger partial charge in [0.1, 0.15) is 5.82 Å². The van der Waals surface area contributed by atoms with Crippen molar-refractivity contribution in [1.82, 2.24) is 25.1 Å². The molecule has 7 nitrogen and oxygen atoms in total. The first-order valence-corrected chi connectivity index (χ1v) is 11.3. The normalized spacial score (nSPS) is 16.3. The van der Waals surface area contributed by atoms with Crippen molar-refractivity contribution in [3.05, 3.63) is 76.9 Å². The van der Waals surface area contributed by atoms with Crippen molar-refractivity contribution < 1.29 is 27.1 Å². The second-order valence-electron chi connectivity index (χ2n) is 8.41. The summed E-state index contributed by atoms with van der Waals surface area (Å²) < 4.78 is 59.5. The van der Waals surface area contributed by atoms with E-state index in [0.29, 0.717) is 43.9 Å². The Kier molecular flexibility index (Phi) is 7.44. The highest BCUT2D eigenvalue weighted by molar-refractivity contribution is 5.72. The van der Waals surface area contributed by atoms with Crippen molar-refractivity contribution in [2.75, 3.05) is 19.7 Å². The molecule has 1 aromatic heterocycles. The van der Waals surface area contributed by atoms with Gasteiger partial charge in [0.2, 0.25) is 0 Å². The third-order valence-electron chi connectivity index (χ3n) is 6.12. The van der Waals surface area contributed by atoms with E-state index in [1.54, 1.807) is 23.7 Å². The average molecular weight is 491 g/mol. The van der Waals surface area contributed by atoms with Crippen LogP contribution in [0.2, 0.25) is 0 Å². The first-order chi connectivity index (χ1) is 16.8. The van der Waals surface area contributed by atoms with Crippen LogP contribution in [0.5, 0.6) is 0 Å². The topological polar surface area (TPSA) is 73.1 Å². The van der Waals surface area contributed by atoms with E-state index in [1.807, 2.05) is 0 Å². The molecule has 1 atom stereocenters. The van der Waals surface area contributed by atoms with Crippen molar-refractivity contribution in [1.29, 1.82) is 0 Å². The first kappa shape index (κ1) is 24.8. The molecule has 0 aliphatic carbocycles. The van der Waals surface area contributed by atoms with Gasteiger partial charge in [-0.2, -0.15) is 13.2 Å². The minimum Gasteiger partial charge on any atom is -0.466 e. The number of nitrogens with zero attached hydrogens (tertiary/aromatic N) is 5. The summed E-state index contributed by atoms with van der Waals surface area (Å²) in [7, 11) is 0. The molecule has 1 aliphatic heterocycles. The van der Waals surface area contributed by atoms with Gasteiger partial charge in [-0.3, -0.25) is 9.69 Å². The standard InChI is InChI=1S/C24H25F4N5O2/c1-2-35-23(34)18-11-13-32(14-12-18)21(17-5-7-19(8-6-17)24(26,27)28)22-29-30-31-33(22)15-16-3-9-20(25)10-4-16/h3-10,18,21H,2,11-15H2,1H3/t21-/m1/s1. The molecule has 186 valence electrons. The Hall–Kier alpha value is -3.34. The molecular formula is C24H25F4N5O2. The second kappa shape index (κ2) is 10.5. The van der Waals surface area contributed by atoms with Crippen molar-refractivity contribution in [2.24, 2.45) is 5.92 Å². The predicted molar refractivity (Wildman–Crippen MR) is 118 cm³/mol. The van der Waals surface area contributed by atoms with Gasteiger partial charge in [0.25, 0.3) is 0 Å². The number of aromatic nitrogens is 4. The summed E-state index contributed by atoms with van der Waals surface area (Å²) in [4.78, 5) is 14.2. The van der Waals surface area contributed by atoms with E-state index < -0.39 is 17.8 Å². The molecule has 0 amide bonds. The van der Waals surface area contributed by atoms with E-state index in [2.05, 4.69) is 20.4 Å². The number of hydrogen-bond acceptors (Lipinski definition) is 6. The van der Waals surface area contributed by atoms with E-state index in [9.17, 15) is 22.4 Å². The average Bonchev–Trinajstić information content (AvgIpc) is 3.28. The number of alkyl halides is 3. The molecule has 4 rings (SSSR count). The fourth-order valence-corrected chi connectivity index (χ4v) is 4.31. The van der Waals surface area contributed by atoms with Crippen LogP contribution in [0.4, 0.5) is 17.6 Å². The maximum Gasteiger partial charge on any atom is 0.416 e. The molecule has 0 spiro atoms. The lowest BCUT2D eigenvalue weighted by atomic mass is 9.93. The van der Waals surface area contributed by atoms with Gasteiger partial charge in [0.15, 0.2) is 5.82 Å². The molecule has 3 aromatic rings. The minimum atomic E-state index is -4.45. The molecule has 35 heavy (non-hydrogen) atoms. The molecular weight excluding hydrogens is 466 g/mol. The lowest BCUT2D eigenvalue weighted by molar-refractivity contribution is -0.149. The Morgan fingerprint density at radius 1 is 1.09 bits per heavy atom. The number of rotatable bonds is 7. The molecule has 0 radical (unpaired) electrons. The SMILES string of the molecule is CCOC(=O)C1CCN([C@H](c2ccc(C(F)(F)F)cc2)c2nnnn2Cc2ccc(F)cc2)CC1. The number of ether oxygens (including phenoxy) is 1. The number of halogens is 4. The maximum absolute atomic E-state index is 13.3. The van der Waals surface area contributed by atoms with Gasteiger partial charge in [-0.15, -0.1) is 5.10 Å². The lowest BCUT2D eigenvalue weighted by Gasteiger charge is -2.36. The van der Waals surface area contributed by atoms with Crippen LogP contribution in [-0.2, 0) is 22.3 Å². The number of piperidine rings is 1. The quantitative estimate of drug-likeness (QED) is 0.364. The maximum atomic E-state index is 13.3. The summed E-state index contributed by atoms with van der Waals surface area (Å²) >= 11 is 0. The van der Waals surface area contributed by atoms with Crippen molar-refractivity contribution in [3.8, 4) is 0 Å². The van der Waals surface area contributed by atoms with Crippen LogP contribution in [-0.4, -0.2) is 50.8 Å². The van der Waals surface area contributed by atoms with Gasteiger partial charge in [-0.1, -0.05) is 24.3 Å². The van der Waals surface area contributed by atoms with E-state index >= 15 is 0 Å². The van der Waals surface area contributed by atoms with Crippen LogP contribution < -0.4 is 0 Å². The minimum absolute atomic E-state index is 0.227. The first-order valence-electron chi connectivity index (χ1n) is 11.3. The molecule has 11 heteroatoms. The highest BCUT2D eigenvalue weighted by atomic mass is 19.4. The zero-order valence-electron chi connectivity index (χ0n) is 19.1. The van der Waals surface area contributed by atoms with Crippen LogP contribution in [0.15, 0.2) is 48.5 Å². The lowest BCUT2D eigenvalue weighted by Crippen LogP contribution is -2.40. The number of tetrazole rings is 1. The van der Waals surface area contributed by atoms with Crippen LogP contribution in [0.25, 0.3) is 0 Å². The molecule has 0 bridgehead atoms. The molecule has 0 saturated carbocycles. The highest BCUT2D eigenvalue weighted by Gasteiger charge is 2.35. The van der Waals surface area contributed by atoms with Gasteiger partial charge < -0.3 is 4.74 Å². The smallest absolute Gasteiger partial charge is 0.416 e. The number of carbonyl (C=O) groups excluding carboxylic acids is 1. The zero-order chi connectivity index (χ0) is 25.0. The fourth-order valence-electron chi connectivity index (χ4n) is 4.31. The Balaban J connectivity index is 1.64. The van der Waals surface area contributed by atoms with Gasteiger partial charge in [-0.05, 0) is 78.7 Å². The molecule has 0 N–H and O–H groups in total. The Morgan fingerprint density at radius 3 is 2.34 bits per heavy atom. The van der Waals surface area contributed by atoms with Crippen molar-refractivity contribution in [3.63, 3.8) is 0 Å². The summed E-state index contributed by atoms with van der Waals surface area (Å²) in [5.74, 6) is -0.379. The second-order valence-corrected chi connectivity index (χ2v) is 8.41. The highest BCUT2D eigenvalue weighted by Crippen LogP contribution is 2.34. The Bertz CT molecular complexity index is 1120. The predicted octanol–water partition coefficient (Wildman–Crippen LogP) is 4.24. The third-order valence-corrected chi connectivity index (χ3v) is 6.12. The summed E-state index contributed by atoms with van der Waals surface area (Å²) in [6.07, 6.45) is -3.35. The van der Waals surface area contributed by atoms with E-state index in [1.165, 1.54) is 24.3 Å².